The number of rotatable bonds is 1. The van der Waals surface area contributed by atoms with Crippen molar-refractivity contribution >= 4 is 21.9 Å². The van der Waals surface area contributed by atoms with E-state index in [1.165, 1.54) is 7.11 Å². The maximum Gasteiger partial charge on any atom is 0.309 e. The lowest BCUT2D eigenvalue weighted by Gasteiger charge is -2.20. The van der Waals surface area contributed by atoms with E-state index in [-0.39, 0.29) is 11.9 Å². The molecule has 1 unspecified atom stereocenters. The number of nitrogens with zero attached hydrogens (tertiary/aromatic N) is 2. The van der Waals surface area contributed by atoms with Gasteiger partial charge in [0, 0.05) is 19.2 Å². The molecule has 0 aromatic carbocycles. The highest BCUT2D eigenvalue weighted by Crippen LogP contribution is 2.22. The first-order chi connectivity index (χ1) is 6.70. The number of halogens is 1. The molecule has 0 spiro atoms. The van der Waals surface area contributed by atoms with Crippen LogP contribution in [0, 0.1) is 5.92 Å². The van der Waals surface area contributed by atoms with Gasteiger partial charge in [-0.05, 0) is 22.4 Å². The van der Waals surface area contributed by atoms with Gasteiger partial charge in [-0.3, -0.25) is 4.79 Å². The van der Waals surface area contributed by atoms with Crippen LogP contribution in [0.2, 0.25) is 0 Å². The van der Waals surface area contributed by atoms with Crippen LogP contribution in [0.1, 0.15) is 12.2 Å². The average Bonchev–Trinajstić information content (AvgIpc) is 2.55. The Hall–Kier alpha value is -0.840. The van der Waals surface area contributed by atoms with Gasteiger partial charge >= 0.3 is 5.97 Å². The van der Waals surface area contributed by atoms with Crippen LogP contribution in [0.25, 0.3) is 0 Å². The van der Waals surface area contributed by atoms with Gasteiger partial charge in [0.25, 0.3) is 0 Å². The Morgan fingerprint density at radius 1 is 1.79 bits per heavy atom. The third-order valence-electron chi connectivity index (χ3n) is 2.51. The van der Waals surface area contributed by atoms with E-state index in [2.05, 4.69) is 25.5 Å². The van der Waals surface area contributed by atoms with Gasteiger partial charge in [-0.1, -0.05) is 0 Å². The Morgan fingerprint density at radius 3 is 3.29 bits per heavy atom. The molecular formula is C9H11BrN2O2. The molecule has 0 amide bonds. The molecule has 1 atom stereocenters. The van der Waals surface area contributed by atoms with E-state index < -0.39 is 0 Å². The standard InChI is InChI=1S/C9H11BrN2O2/c1-14-9(13)6-2-3-12-5-7(10)11-8(12)4-6/h5-6H,2-4H2,1H3. The SMILES string of the molecule is COC(=O)C1CCn2cc(Br)nc2C1. The second kappa shape index (κ2) is 3.73. The van der Waals surface area contributed by atoms with Gasteiger partial charge < -0.3 is 9.30 Å². The Balaban J connectivity index is 2.16. The molecule has 14 heavy (non-hydrogen) atoms. The summed E-state index contributed by atoms with van der Waals surface area (Å²) in [4.78, 5) is 15.6. The van der Waals surface area contributed by atoms with Gasteiger partial charge in [0.15, 0.2) is 0 Å². The molecule has 2 rings (SSSR count). The van der Waals surface area contributed by atoms with Crippen molar-refractivity contribution < 1.29 is 9.53 Å². The number of aryl methyl sites for hydroxylation is 1. The molecule has 4 nitrogen and oxygen atoms in total. The highest BCUT2D eigenvalue weighted by molar-refractivity contribution is 9.10. The van der Waals surface area contributed by atoms with Crippen LogP contribution < -0.4 is 0 Å². The number of hydrogen-bond acceptors (Lipinski definition) is 3. The predicted octanol–water partition coefficient (Wildman–Crippen LogP) is 1.38. The summed E-state index contributed by atoms with van der Waals surface area (Å²) in [5, 5.41) is 0. The van der Waals surface area contributed by atoms with E-state index in [1.807, 2.05) is 6.20 Å². The first-order valence-corrected chi connectivity index (χ1v) is 5.29. The summed E-state index contributed by atoms with van der Waals surface area (Å²) in [5.41, 5.74) is 0. The summed E-state index contributed by atoms with van der Waals surface area (Å²) in [7, 11) is 1.43. The molecule has 0 N–H and O–H groups in total. The van der Waals surface area contributed by atoms with Crippen LogP contribution in [0.5, 0.6) is 0 Å². The zero-order valence-corrected chi connectivity index (χ0v) is 9.45. The Labute approximate surface area is 90.4 Å². The van der Waals surface area contributed by atoms with Gasteiger partial charge in [-0.15, -0.1) is 0 Å². The molecular weight excluding hydrogens is 248 g/mol. The number of hydrogen-bond donors (Lipinski definition) is 0. The lowest BCUT2D eigenvalue weighted by molar-refractivity contribution is -0.146. The third kappa shape index (κ3) is 1.68. The highest BCUT2D eigenvalue weighted by atomic mass is 79.9. The van der Waals surface area contributed by atoms with Crippen LogP contribution in [-0.2, 0) is 22.5 Å². The summed E-state index contributed by atoms with van der Waals surface area (Å²) >= 11 is 3.32. The van der Waals surface area contributed by atoms with Crippen molar-refractivity contribution in [3.05, 3.63) is 16.6 Å². The molecule has 0 saturated heterocycles. The summed E-state index contributed by atoms with van der Waals surface area (Å²) in [6.45, 7) is 0.841. The van der Waals surface area contributed by atoms with Crippen LogP contribution in [0.15, 0.2) is 10.8 Å². The molecule has 2 heterocycles. The van der Waals surface area contributed by atoms with Crippen molar-refractivity contribution in [2.75, 3.05) is 7.11 Å². The monoisotopic (exact) mass is 258 g/mol. The summed E-state index contributed by atoms with van der Waals surface area (Å²) in [6.07, 6.45) is 3.46. The van der Waals surface area contributed by atoms with Crippen molar-refractivity contribution in [3.8, 4) is 0 Å². The fourth-order valence-electron chi connectivity index (χ4n) is 1.76. The topological polar surface area (TPSA) is 44.1 Å². The molecule has 1 aromatic heterocycles. The zero-order valence-electron chi connectivity index (χ0n) is 7.86. The third-order valence-corrected chi connectivity index (χ3v) is 2.89. The van der Waals surface area contributed by atoms with Crippen LogP contribution >= 0.6 is 15.9 Å². The lowest BCUT2D eigenvalue weighted by Crippen LogP contribution is -2.26. The first-order valence-electron chi connectivity index (χ1n) is 4.50. The zero-order chi connectivity index (χ0) is 10.1. The molecule has 1 aliphatic heterocycles. The van der Waals surface area contributed by atoms with E-state index in [0.29, 0.717) is 6.42 Å². The molecule has 76 valence electrons. The minimum Gasteiger partial charge on any atom is -0.469 e. The van der Waals surface area contributed by atoms with Crippen molar-refractivity contribution in [1.82, 2.24) is 9.55 Å². The molecule has 1 aliphatic rings. The van der Waals surface area contributed by atoms with Crippen molar-refractivity contribution in [3.63, 3.8) is 0 Å². The molecule has 0 saturated carbocycles. The molecule has 0 bridgehead atoms. The van der Waals surface area contributed by atoms with E-state index in [1.54, 1.807) is 0 Å². The van der Waals surface area contributed by atoms with E-state index in [4.69, 9.17) is 4.74 Å². The van der Waals surface area contributed by atoms with E-state index in [0.717, 1.165) is 23.4 Å². The molecule has 5 heteroatoms. The number of ether oxygens (including phenoxy) is 1. The summed E-state index contributed by atoms with van der Waals surface area (Å²) in [5.74, 6) is 0.802. The quantitative estimate of drug-likeness (QED) is 0.716. The Morgan fingerprint density at radius 2 is 2.57 bits per heavy atom. The van der Waals surface area contributed by atoms with Crippen LogP contribution in [-0.4, -0.2) is 22.6 Å². The van der Waals surface area contributed by atoms with Gasteiger partial charge in [-0.25, -0.2) is 4.98 Å². The van der Waals surface area contributed by atoms with E-state index in [9.17, 15) is 4.79 Å². The van der Waals surface area contributed by atoms with Crippen molar-refractivity contribution in [2.24, 2.45) is 5.92 Å². The summed E-state index contributed by atoms with van der Waals surface area (Å²) < 4.78 is 7.63. The smallest absolute Gasteiger partial charge is 0.309 e. The number of esters is 1. The van der Waals surface area contributed by atoms with Gasteiger partial charge in [0.2, 0.25) is 0 Å². The molecule has 0 fully saturated rings. The van der Waals surface area contributed by atoms with Crippen molar-refractivity contribution in [2.45, 2.75) is 19.4 Å². The maximum absolute atomic E-state index is 11.3. The fraction of sp³-hybridized carbons (Fsp3) is 0.556. The number of methoxy groups -OCH3 is 1. The molecule has 0 aliphatic carbocycles. The number of imidazole rings is 1. The first kappa shape index (κ1) is 9.71. The highest BCUT2D eigenvalue weighted by Gasteiger charge is 2.26. The van der Waals surface area contributed by atoms with Crippen LogP contribution in [0.4, 0.5) is 0 Å². The second-order valence-electron chi connectivity index (χ2n) is 3.39. The maximum atomic E-state index is 11.3. The normalized spacial score (nSPS) is 20.3. The Kier molecular flexibility index (Phi) is 2.58. The summed E-state index contributed by atoms with van der Waals surface area (Å²) in [6, 6.07) is 0. The molecule has 1 aromatic rings. The number of fused-ring (bicyclic) bond motifs is 1. The van der Waals surface area contributed by atoms with Gasteiger partial charge in [-0.2, -0.15) is 0 Å². The Bertz CT molecular complexity index is 362. The predicted molar refractivity (Wildman–Crippen MR) is 53.8 cm³/mol. The number of carbonyl (C=O) groups is 1. The minimum atomic E-state index is -0.129. The fourth-order valence-corrected chi connectivity index (χ4v) is 2.21. The van der Waals surface area contributed by atoms with Gasteiger partial charge in [0.05, 0.1) is 13.0 Å². The van der Waals surface area contributed by atoms with E-state index >= 15 is 0 Å². The minimum absolute atomic E-state index is 0.0261. The second-order valence-corrected chi connectivity index (χ2v) is 4.20. The molecule has 0 radical (unpaired) electrons. The number of aromatic nitrogens is 2. The lowest BCUT2D eigenvalue weighted by atomic mass is 9.98. The largest absolute Gasteiger partial charge is 0.469 e. The van der Waals surface area contributed by atoms with Crippen LogP contribution in [0.3, 0.4) is 0 Å². The number of carbonyl (C=O) groups excluding carboxylic acids is 1. The average molecular weight is 259 g/mol. The van der Waals surface area contributed by atoms with Crippen molar-refractivity contribution in [1.29, 1.82) is 0 Å². The van der Waals surface area contributed by atoms with Gasteiger partial charge in [0.1, 0.15) is 10.4 Å².